The normalized spacial score (nSPS) is 26.9. The molecule has 2 aliphatic rings. The van der Waals surface area contributed by atoms with E-state index in [1.807, 2.05) is 0 Å². The van der Waals surface area contributed by atoms with E-state index in [0.717, 1.165) is 44.1 Å². The third-order valence-electron chi connectivity index (χ3n) is 4.16. The third kappa shape index (κ3) is 2.81. The predicted octanol–water partition coefficient (Wildman–Crippen LogP) is 1.50. The molecule has 0 spiro atoms. The van der Waals surface area contributed by atoms with E-state index in [-0.39, 0.29) is 5.92 Å². The minimum atomic E-state index is -0.698. The van der Waals surface area contributed by atoms with E-state index in [0.29, 0.717) is 18.8 Å². The number of carbonyl (C=O) groups is 1. The summed E-state index contributed by atoms with van der Waals surface area (Å²) in [5.41, 5.74) is 1.09. The molecule has 2 atom stereocenters. The van der Waals surface area contributed by atoms with Crippen LogP contribution >= 0.6 is 0 Å². The van der Waals surface area contributed by atoms with Gasteiger partial charge in [0.05, 0.1) is 11.6 Å². The number of hydrogen-bond donors (Lipinski definition) is 1. The second-order valence-electron chi connectivity index (χ2n) is 5.66. The molecule has 0 bridgehead atoms. The fourth-order valence-corrected chi connectivity index (χ4v) is 3.06. The van der Waals surface area contributed by atoms with Crippen LogP contribution in [0.2, 0.25) is 0 Å². The number of fused-ring (bicyclic) bond motifs is 1. The highest BCUT2D eigenvalue weighted by Gasteiger charge is 2.26. The minimum Gasteiger partial charge on any atom is -0.481 e. The number of imidazole rings is 1. The fourth-order valence-electron chi connectivity index (χ4n) is 3.06. The number of ether oxygens (including phenoxy) is 1. The molecule has 1 aromatic rings. The van der Waals surface area contributed by atoms with Crippen molar-refractivity contribution in [2.24, 2.45) is 11.8 Å². The Labute approximate surface area is 112 Å². The first-order valence-corrected chi connectivity index (χ1v) is 7.08. The van der Waals surface area contributed by atoms with Gasteiger partial charge in [-0.15, -0.1) is 0 Å². The van der Waals surface area contributed by atoms with E-state index in [4.69, 9.17) is 9.84 Å². The number of aliphatic carboxylic acids is 1. The molecule has 3 heterocycles. The van der Waals surface area contributed by atoms with E-state index in [2.05, 4.69) is 15.7 Å². The number of rotatable bonds is 3. The van der Waals surface area contributed by atoms with Crippen LogP contribution in [0.1, 0.15) is 30.8 Å². The van der Waals surface area contributed by atoms with Crippen molar-refractivity contribution in [2.75, 3.05) is 13.2 Å². The van der Waals surface area contributed by atoms with Gasteiger partial charge in [0.2, 0.25) is 0 Å². The summed E-state index contributed by atoms with van der Waals surface area (Å²) >= 11 is 0. The summed E-state index contributed by atoms with van der Waals surface area (Å²) in [7, 11) is 0. The Balaban J connectivity index is 1.67. The second kappa shape index (κ2) is 5.33. The van der Waals surface area contributed by atoms with Gasteiger partial charge in [0.1, 0.15) is 5.82 Å². The molecule has 19 heavy (non-hydrogen) atoms. The Morgan fingerprint density at radius 3 is 3.16 bits per heavy atom. The number of aromatic nitrogens is 2. The summed E-state index contributed by atoms with van der Waals surface area (Å²) in [6.45, 7) is 2.50. The molecule has 3 rings (SSSR count). The summed E-state index contributed by atoms with van der Waals surface area (Å²) in [4.78, 5) is 15.7. The Hall–Kier alpha value is -1.36. The van der Waals surface area contributed by atoms with Crippen LogP contribution in [0.15, 0.2) is 6.20 Å². The lowest BCUT2D eigenvalue weighted by molar-refractivity contribution is -0.142. The first-order chi connectivity index (χ1) is 9.22. The van der Waals surface area contributed by atoms with Crippen LogP contribution in [-0.2, 0) is 28.9 Å². The van der Waals surface area contributed by atoms with Gasteiger partial charge >= 0.3 is 5.97 Å². The maximum absolute atomic E-state index is 11.0. The zero-order valence-electron chi connectivity index (χ0n) is 11.0. The van der Waals surface area contributed by atoms with Crippen molar-refractivity contribution in [3.63, 3.8) is 0 Å². The van der Waals surface area contributed by atoms with Gasteiger partial charge in [0.15, 0.2) is 0 Å². The molecule has 1 aromatic heterocycles. The highest BCUT2D eigenvalue weighted by molar-refractivity contribution is 5.70. The lowest BCUT2D eigenvalue weighted by Gasteiger charge is -2.20. The molecule has 2 unspecified atom stereocenters. The summed E-state index contributed by atoms with van der Waals surface area (Å²) in [6, 6.07) is 0. The van der Waals surface area contributed by atoms with E-state index in [1.165, 1.54) is 6.42 Å². The molecule has 0 aliphatic carbocycles. The lowest BCUT2D eigenvalue weighted by atomic mass is 9.97. The molecule has 0 radical (unpaired) electrons. The topological polar surface area (TPSA) is 64.3 Å². The van der Waals surface area contributed by atoms with Crippen LogP contribution in [0.25, 0.3) is 0 Å². The monoisotopic (exact) mass is 264 g/mol. The summed E-state index contributed by atoms with van der Waals surface area (Å²) in [5, 5.41) is 9.08. The number of carboxylic acids is 1. The quantitative estimate of drug-likeness (QED) is 0.898. The van der Waals surface area contributed by atoms with Crippen molar-refractivity contribution in [1.29, 1.82) is 0 Å². The van der Waals surface area contributed by atoms with Crippen LogP contribution in [-0.4, -0.2) is 33.8 Å². The largest absolute Gasteiger partial charge is 0.481 e. The second-order valence-corrected chi connectivity index (χ2v) is 5.66. The number of hydrogen-bond acceptors (Lipinski definition) is 3. The zero-order chi connectivity index (χ0) is 13.2. The van der Waals surface area contributed by atoms with Crippen LogP contribution in [0.5, 0.6) is 0 Å². The van der Waals surface area contributed by atoms with Gasteiger partial charge < -0.3 is 14.4 Å². The highest BCUT2D eigenvalue weighted by atomic mass is 16.5. The smallest absolute Gasteiger partial charge is 0.307 e. The number of nitrogens with zero attached hydrogens (tertiary/aromatic N) is 2. The van der Waals surface area contributed by atoms with E-state index in [1.54, 1.807) is 0 Å². The average molecular weight is 264 g/mol. The Morgan fingerprint density at radius 2 is 2.42 bits per heavy atom. The van der Waals surface area contributed by atoms with Crippen molar-refractivity contribution in [2.45, 2.75) is 38.6 Å². The first kappa shape index (κ1) is 12.7. The number of carboxylic acid groups (broad SMARTS) is 1. The van der Waals surface area contributed by atoms with Crippen molar-refractivity contribution in [3.8, 4) is 0 Å². The molecule has 1 N–H and O–H groups in total. The van der Waals surface area contributed by atoms with Crippen LogP contribution in [0, 0.1) is 11.8 Å². The lowest BCUT2D eigenvalue weighted by Crippen LogP contribution is -2.25. The van der Waals surface area contributed by atoms with Crippen LogP contribution in [0.3, 0.4) is 0 Å². The highest BCUT2D eigenvalue weighted by Crippen LogP contribution is 2.23. The molecule has 2 aliphatic heterocycles. The molecular formula is C14H20N2O3. The molecule has 0 aromatic carbocycles. The first-order valence-electron chi connectivity index (χ1n) is 7.08. The van der Waals surface area contributed by atoms with Gasteiger partial charge in [-0.05, 0) is 31.6 Å². The average Bonchev–Trinajstić information content (AvgIpc) is 2.80. The predicted molar refractivity (Wildman–Crippen MR) is 68.9 cm³/mol. The van der Waals surface area contributed by atoms with Gasteiger partial charge in [-0.2, -0.15) is 0 Å². The van der Waals surface area contributed by atoms with Crippen LogP contribution in [0.4, 0.5) is 0 Å². The van der Waals surface area contributed by atoms with Gasteiger partial charge in [-0.25, -0.2) is 4.98 Å². The Kier molecular flexibility index (Phi) is 3.55. The van der Waals surface area contributed by atoms with E-state index in [9.17, 15) is 4.79 Å². The standard InChI is InChI=1S/C14H20N2O3/c17-14(18)11-3-4-16-8-12(15-13(16)7-11)6-10-2-1-5-19-9-10/h8,10-11H,1-7,9H2,(H,17,18). The SMILES string of the molecule is O=C(O)C1CCn2cc(CC3CCCOC3)nc2C1. The molecule has 1 fully saturated rings. The van der Waals surface area contributed by atoms with Crippen molar-refractivity contribution in [3.05, 3.63) is 17.7 Å². The fraction of sp³-hybridized carbons (Fsp3) is 0.714. The van der Waals surface area contributed by atoms with Gasteiger partial charge in [-0.3, -0.25) is 4.79 Å². The van der Waals surface area contributed by atoms with E-state index >= 15 is 0 Å². The third-order valence-corrected chi connectivity index (χ3v) is 4.16. The Bertz CT molecular complexity index is 463. The van der Waals surface area contributed by atoms with Gasteiger partial charge in [0.25, 0.3) is 0 Å². The molecule has 104 valence electrons. The molecule has 1 saturated heterocycles. The van der Waals surface area contributed by atoms with Gasteiger partial charge in [-0.1, -0.05) is 0 Å². The van der Waals surface area contributed by atoms with Crippen molar-refractivity contribution < 1.29 is 14.6 Å². The minimum absolute atomic E-state index is 0.263. The molecule has 0 saturated carbocycles. The summed E-state index contributed by atoms with van der Waals surface area (Å²) in [5.74, 6) is 0.545. The molecule has 5 heteroatoms. The van der Waals surface area contributed by atoms with E-state index < -0.39 is 5.97 Å². The zero-order valence-corrected chi connectivity index (χ0v) is 11.0. The Morgan fingerprint density at radius 1 is 1.53 bits per heavy atom. The van der Waals surface area contributed by atoms with Crippen LogP contribution < -0.4 is 0 Å². The van der Waals surface area contributed by atoms with Crippen molar-refractivity contribution >= 4 is 5.97 Å². The summed E-state index contributed by atoms with van der Waals surface area (Å²) in [6.07, 6.45) is 6.68. The maximum Gasteiger partial charge on any atom is 0.307 e. The molecular weight excluding hydrogens is 244 g/mol. The van der Waals surface area contributed by atoms with Gasteiger partial charge in [0, 0.05) is 32.4 Å². The maximum atomic E-state index is 11.0. The molecule has 5 nitrogen and oxygen atoms in total. The molecule has 0 amide bonds. The summed E-state index contributed by atoms with van der Waals surface area (Å²) < 4.78 is 7.62. The number of aryl methyl sites for hydroxylation is 1. The van der Waals surface area contributed by atoms with Crippen molar-refractivity contribution in [1.82, 2.24) is 9.55 Å².